The van der Waals surface area contributed by atoms with Gasteiger partial charge in [0.15, 0.2) is 11.0 Å². The molecule has 0 unspecified atom stereocenters. The van der Waals surface area contributed by atoms with Crippen molar-refractivity contribution >= 4 is 11.8 Å². The van der Waals surface area contributed by atoms with E-state index in [1.54, 1.807) is 7.11 Å². The van der Waals surface area contributed by atoms with Gasteiger partial charge in [0.25, 0.3) is 0 Å². The number of hydrogen-bond donors (Lipinski definition) is 0. The van der Waals surface area contributed by atoms with Crippen LogP contribution >= 0.6 is 11.8 Å². The van der Waals surface area contributed by atoms with Crippen molar-refractivity contribution in [2.24, 2.45) is 0 Å². The third-order valence-corrected chi connectivity index (χ3v) is 4.97. The van der Waals surface area contributed by atoms with E-state index in [9.17, 15) is 0 Å². The lowest BCUT2D eigenvalue weighted by molar-refractivity contribution is 0.415. The zero-order valence-corrected chi connectivity index (χ0v) is 15.6. The molecule has 0 spiro atoms. The highest BCUT2D eigenvalue weighted by Crippen LogP contribution is 2.28. The highest BCUT2D eigenvalue weighted by atomic mass is 32.2. The van der Waals surface area contributed by atoms with Gasteiger partial charge >= 0.3 is 0 Å². The van der Waals surface area contributed by atoms with Crippen molar-refractivity contribution in [3.8, 4) is 23.2 Å². The quantitative estimate of drug-likeness (QED) is 0.588. The highest BCUT2D eigenvalue weighted by Gasteiger charge is 2.16. The molecule has 1 aromatic heterocycles. The summed E-state index contributed by atoms with van der Waals surface area (Å²) in [6, 6.07) is 20.3. The van der Waals surface area contributed by atoms with Gasteiger partial charge in [0.1, 0.15) is 5.75 Å². The monoisotopic (exact) mass is 364 g/mol. The molecule has 26 heavy (non-hydrogen) atoms. The molecule has 132 valence electrons. The van der Waals surface area contributed by atoms with Crippen LogP contribution in [0.4, 0.5) is 0 Å². The summed E-state index contributed by atoms with van der Waals surface area (Å²) in [4.78, 5) is 0. The van der Waals surface area contributed by atoms with Crippen LogP contribution in [0.25, 0.3) is 11.4 Å². The number of thioether (sulfide) groups is 1. The first-order valence-electron chi connectivity index (χ1n) is 8.39. The first-order chi connectivity index (χ1) is 12.7. The molecule has 0 saturated carbocycles. The Labute approximate surface area is 157 Å². The van der Waals surface area contributed by atoms with Gasteiger partial charge in [-0.2, -0.15) is 5.26 Å². The summed E-state index contributed by atoms with van der Waals surface area (Å²) in [5.74, 6) is 1.60. The van der Waals surface area contributed by atoms with Gasteiger partial charge in [0.2, 0.25) is 0 Å². The van der Waals surface area contributed by atoms with E-state index in [0.29, 0.717) is 0 Å². The molecule has 5 nitrogen and oxygen atoms in total. The Hall–Kier alpha value is -2.78. The summed E-state index contributed by atoms with van der Waals surface area (Å²) in [6.45, 7) is 2.62. The Morgan fingerprint density at radius 2 is 1.85 bits per heavy atom. The van der Waals surface area contributed by atoms with Gasteiger partial charge in [-0.15, -0.1) is 10.2 Å². The van der Waals surface area contributed by atoms with Crippen molar-refractivity contribution in [2.75, 3.05) is 7.11 Å². The molecule has 6 heteroatoms. The Morgan fingerprint density at radius 3 is 2.50 bits per heavy atom. The van der Waals surface area contributed by atoms with Crippen LogP contribution in [0.5, 0.6) is 5.75 Å². The molecule has 0 saturated heterocycles. The van der Waals surface area contributed by atoms with Crippen molar-refractivity contribution in [3.63, 3.8) is 0 Å². The Bertz CT molecular complexity index is 884. The van der Waals surface area contributed by atoms with E-state index in [4.69, 9.17) is 10.00 Å². The van der Waals surface area contributed by atoms with Gasteiger partial charge in [0, 0.05) is 12.1 Å². The van der Waals surface area contributed by atoms with Crippen molar-refractivity contribution < 1.29 is 4.74 Å². The third-order valence-electron chi connectivity index (χ3n) is 4.00. The van der Waals surface area contributed by atoms with Gasteiger partial charge in [-0.3, -0.25) is 0 Å². The lowest BCUT2D eigenvalue weighted by Gasteiger charge is -2.11. The van der Waals surface area contributed by atoms with Crippen molar-refractivity contribution in [1.82, 2.24) is 14.8 Å². The molecule has 0 amide bonds. The van der Waals surface area contributed by atoms with E-state index >= 15 is 0 Å². The van der Waals surface area contributed by atoms with Crippen LogP contribution < -0.4 is 4.74 Å². The van der Waals surface area contributed by atoms with Crippen molar-refractivity contribution in [3.05, 3.63) is 60.2 Å². The van der Waals surface area contributed by atoms with E-state index in [2.05, 4.69) is 33.0 Å². The number of benzene rings is 2. The van der Waals surface area contributed by atoms with Gasteiger partial charge in [-0.25, -0.2) is 0 Å². The maximum atomic E-state index is 9.13. The first kappa shape index (κ1) is 18.0. The fourth-order valence-corrected chi connectivity index (χ4v) is 3.36. The smallest absolute Gasteiger partial charge is 0.192 e. The van der Waals surface area contributed by atoms with Crippen LogP contribution in [0.1, 0.15) is 12.5 Å². The largest absolute Gasteiger partial charge is 0.497 e. The second-order valence-corrected chi connectivity index (χ2v) is 7.12. The molecule has 0 fully saturated rings. The minimum Gasteiger partial charge on any atom is -0.497 e. The number of hydrogen-bond acceptors (Lipinski definition) is 5. The third kappa shape index (κ3) is 4.24. The summed E-state index contributed by atoms with van der Waals surface area (Å²) in [5, 5.41) is 18.4. The van der Waals surface area contributed by atoms with Gasteiger partial charge in [0.05, 0.1) is 18.4 Å². The number of nitrogens with zero attached hydrogens (tertiary/aromatic N) is 4. The summed E-state index contributed by atoms with van der Waals surface area (Å²) in [6.07, 6.45) is 0.872. The fourth-order valence-electron chi connectivity index (χ4n) is 2.60. The summed E-state index contributed by atoms with van der Waals surface area (Å²) in [7, 11) is 1.65. The Balaban J connectivity index is 1.91. The van der Waals surface area contributed by atoms with Gasteiger partial charge in [-0.05, 0) is 43.2 Å². The standard InChI is InChI=1S/C20H20N4OS/c1-15(14-21)26-20-23-22-19(17-8-10-18(25-2)11-9-17)24(20)13-12-16-6-4-3-5-7-16/h3-11,15H,12-13H2,1-2H3/t15-/m0/s1. The average Bonchev–Trinajstić information content (AvgIpc) is 3.09. The van der Waals surface area contributed by atoms with Crippen LogP contribution in [-0.2, 0) is 13.0 Å². The summed E-state index contributed by atoms with van der Waals surface area (Å²) >= 11 is 1.43. The number of methoxy groups -OCH3 is 1. The second kappa shape index (κ2) is 8.54. The molecule has 2 aromatic carbocycles. The van der Waals surface area contributed by atoms with E-state index in [0.717, 1.165) is 35.3 Å². The number of aromatic nitrogens is 3. The Morgan fingerprint density at radius 1 is 1.12 bits per heavy atom. The minimum atomic E-state index is -0.182. The second-order valence-electron chi connectivity index (χ2n) is 5.81. The molecule has 0 radical (unpaired) electrons. The lowest BCUT2D eigenvalue weighted by Crippen LogP contribution is -2.06. The number of ether oxygens (including phenoxy) is 1. The first-order valence-corrected chi connectivity index (χ1v) is 9.27. The van der Waals surface area contributed by atoms with Crippen LogP contribution in [0.2, 0.25) is 0 Å². The molecule has 1 heterocycles. The van der Waals surface area contributed by atoms with Gasteiger partial charge in [-0.1, -0.05) is 42.1 Å². The maximum Gasteiger partial charge on any atom is 0.192 e. The van der Waals surface area contributed by atoms with Crippen molar-refractivity contribution in [2.45, 2.75) is 30.3 Å². The highest BCUT2D eigenvalue weighted by molar-refractivity contribution is 8.00. The Kier molecular flexibility index (Phi) is 5.92. The molecule has 3 aromatic rings. The van der Waals surface area contributed by atoms with Crippen molar-refractivity contribution in [1.29, 1.82) is 5.26 Å². The van der Waals surface area contributed by atoms with E-state index < -0.39 is 0 Å². The minimum absolute atomic E-state index is 0.182. The molecule has 0 aliphatic carbocycles. The molecule has 3 rings (SSSR count). The normalized spacial score (nSPS) is 11.7. The number of rotatable bonds is 7. The molecular formula is C20H20N4OS. The SMILES string of the molecule is COc1ccc(-c2nnc(S[C@@H](C)C#N)n2CCc2ccccc2)cc1. The average molecular weight is 364 g/mol. The maximum absolute atomic E-state index is 9.13. The zero-order chi connectivity index (χ0) is 18.4. The topological polar surface area (TPSA) is 63.7 Å². The zero-order valence-electron chi connectivity index (χ0n) is 14.8. The van der Waals surface area contributed by atoms with E-state index in [1.165, 1.54) is 17.3 Å². The molecule has 0 bridgehead atoms. The lowest BCUT2D eigenvalue weighted by atomic mass is 10.1. The predicted molar refractivity (Wildman–Crippen MR) is 103 cm³/mol. The summed E-state index contributed by atoms with van der Waals surface area (Å²) in [5.41, 5.74) is 2.23. The molecule has 0 aliphatic rings. The number of nitriles is 1. The molecule has 1 atom stereocenters. The van der Waals surface area contributed by atoms with Gasteiger partial charge < -0.3 is 9.30 Å². The predicted octanol–water partition coefficient (Wildman–Crippen LogP) is 4.20. The molecule has 0 aliphatic heterocycles. The molecular weight excluding hydrogens is 344 g/mol. The van der Waals surface area contributed by atoms with E-state index in [1.807, 2.05) is 49.4 Å². The molecule has 0 N–H and O–H groups in total. The summed E-state index contributed by atoms with van der Waals surface area (Å²) < 4.78 is 7.32. The van der Waals surface area contributed by atoms with Crippen LogP contribution in [0.15, 0.2) is 59.8 Å². The van der Waals surface area contributed by atoms with Crippen LogP contribution in [0, 0.1) is 11.3 Å². The number of aryl methyl sites for hydroxylation is 1. The van der Waals surface area contributed by atoms with Crippen LogP contribution in [0.3, 0.4) is 0 Å². The van der Waals surface area contributed by atoms with E-state index in [-0.39, 0.29) is 5.25 Å². The fraction of sp³-hybridized carbons (Fsp3) is 0.250. The van der Waals surface area contributed by atoms with Crippen LogP contribution in [-0.4, -0.2) is 27.1 Å².